The number of nitrogens with two attached hydrogens (primary N) is 1. The molecule has 1 amide bonds. The molecule has 0 atom stereocenters. The molecule has 0 saturated carbocycles. The van der Waals surface area contributed by atoms with Crippen molar-refractivity contribution in [2.75, 3.05) is 25.1 Å². The number of hydrogen-bond acceptors (Lipinski definition) is 6. The first kappa shape index (κ1) is 21.7. The molecule has 7 nitrogen and oxygen atoms in total. The highest BCUT2D eigenvalue weighted by Crippen LogP contribution is 2.35. The number of amides is 1. The largest absolute Gasteiger partial charge is 0.486 e. The molecule has 0 bridgehead atoms. The third kappa shape index (κ3) is 4.49. The van der Waals surface area contributed by atoms with Crippen LogP contribution >= 0.6 is 0 Å². The molecule has 34 heavy (non-hydrogen) atoms. The van der Waals surface area contributed by atoms with Crippen molar-refractivity contribution in [2.45, 2.75) is 6.42 Å². The Kier molecular flexibility index (Phi) is 5.97. The van der Waals surface area contributed by atoms with Gasteiger partial charge in [-0.3, -0.25) is 4.79 Å². The van der Waals surface area contributed by atoms with Crippen LogP contribution in [0.5, 0.6) is 11.5 Å². The van der Waals surface area contributed by atoms with Gasteiger partial charge in [0.2, 0.25) is 5.91 Å². The third-order valence-corrected chi connectivity index (χ3v) is 5.32. The van der Waals surface area contributed by atoms with E-state index < -0.39 is 5.82 Å². The van der Waals surface area contributed by atoms with Crippen molar-refractivity contribution < 1.29 is 23.1 Å². The molecule has 172 valence electrons. The van der Waals surface area contributed by atoms with Crippen molar-refractivity contribution in [1.82, 2.24) is 0 Å². The van der Waals surface area contributed by atoms with Crippen LogP contribution < -0.4 is 25.9 Å². The van der Waals surface area contributed by atoms with E-state index >= 15 is 0 Å². The molecule has 0 saturated heterocycles. The van der Waals surface area contributed by atoms with Crippen molar-refractivity contribution in [2.24, 2.45) is 10.7 Å². The van der Waals surface area contributed by atoms with Crippen LogP contribution in [0, 0.1) is 5.82 Å². The van der Waals surface area contributed by atoms with E-state index in [2.05, 4.69) is 5.32 Å². The summed E-state index contributed by atoms with van der Waals surface area (Å²) in [5, 5.41) is 4.03. The molecule has 0 unspecified atom stereocenters. The van der Waals surface area contributed by atoms with Gasteiger partial charge in [0, 0.05) is 36.0 Å². The molecule has 2 heterocycles. The average Bonchev–Trinajstić information content (AvgIpc) is 2.84. The lowest BCUT2D eigenvalue weighted by Gasteiger charge is -2.18. The molecule has 3 N–H and O–H groups in total. The van der Waals surface area contributed by atoms with Crippen molar-refractivity contribution >= 4 is 28.3 Å². The van der Waals surface area contributed by atoms with Gasteiger partial charge in [0.15, 0.2) is 11.5 Å². The average molecular weight is 459 g/mol. The van der Waals surface area contributed by atoms with Gasteiger partial charge >= 0.3 is 0 Å². The summed E-state index contributed by atoms with van der Waals surface area (Å²) < 4.78 is 31.4. The van der Waals surface area contributed by atoms with E-state index in [1.165, 1.54) is 12.1 Å². The number of nitrogens with one attached hydrogen (secondary N) is 1. The summed E-state index contributed by atoms with van der Waals surface area (Å²) in [5.74, 6) is 1.14. The number of hydrogen-bond donors (Lipinski definition) is 2. The summed E-state index contributed by atoms with van der Waals surface area (Å²) in [4.78, 5) is 16.9. The van der Waals surface area contributed by atoms with Gasteiger partial charge in [-0.1, -0.05) is 12.1 Å². The van der Waals surface area contributed by atoms with Crippen LogP contribution in [0.15, 0.2) is 76.1 Å². The lowest BCUT2D eigenvalue weighted by molar-refractivity contribution is -0.116. The van der Waals surface area contributed by atoms with Crippen LogP contribution in [-0.2, 0) is 4.79 Å². The monoisotopic (exact) mass is 459 g/mol. The van der Waals surface area contributed by atoms with E-state index in [1.54, 1.807) is 24.3 Å². The summed E-state index contributed by atoms with van der Waals surface area (Å²) in [5.41, 5.74) is 7.67. The minimum absolute atomic E-state index is 0.197. The second kappa shape index (κ2) is 9.36. The highest BCUT2D eigenvalue weighted by Gasteiger charge is 2.15. The minimum Gasteiger partial charge on any atom is -0.486 e. The molecular weight excluding hydrogens is 437 g/mol. The van der Waals surface area contributed by atoms with Gasteiger partial charge < -0.3 is 24.9 Å². The Balaban J connectivity index is 1.66. The number of nitrogens with zero attached hydrogens (tertiary/aromatic N) is 1. The molecule has 1 aliphatic heterocycles. The SMILES string of the molecule is NCCC(=O)Nc1ccccc1/N=c1\cc(-c2ccc3c(c2)OCCO3)oc2cc(F)ccc12. The molecule has 1 aromatic heterocycles. The number of ether oxygens (including phenoxy) is 2. The van der Waals surface area contributed by atoms with Gasteiger partial charge in [0.1, 0.15) is 30.4 Å². The third-order valence-electron chi connectivity index (χ3n) is 5.32. The lowest BCUT2D eigenvalue weighted by atomic mass is 10.1. The summed E-state index contributed by atoms with van der Waals surface area (Å²) in [6.45, 7) is 1.21. The minimum atomic E-state index is -0.420. The fourth-order valence-electron chi connectivity index (χ4n) is 3.72. The van der Waals surface area contributed by atoms with Gasteiger partial charge in [-0.15, -0.1) is 0 Å². The highest BCUT2D eigenvalue weighted by atomic mass is 19.1. The standard InChI is InChI=1S/C26H22FN3O4/c27-17-6-7-18-21(29-19-3-1-2-4-20(19)30-26(31)9-10-28)15-23(34-24(18)14-17)16-5-8-22-25(13-16)33-12-11-32-22/h1-8,13-15H,9-12,28H2,(H,30,31)/b29-21+. The highest BCUT2D eigenvalue weighted by molar-refractivity contribution is 5.93. The topological polar surface area (TPSA) is 99.1 Å². The maximum absolute atomic E-state index is 14.0. The molecule has 5 rings (SSSR count). The van der Waals surface area contributed by atoms with E-state index in [9.17, 15) is 9.18 Å². The van der Waals surface area contributed by atoms with Gasteiger partial charge in [0.05, 0.1) is 16.7 Å². The summed E-state index contributed by atoms with van der Waals surface area (Å²) in [6, 6.07) is 18.8. The van der Waals surface area contributed by atoms with Crippen LogP contribution in [0.2, 0.25) is 0 Å². The smallest absolute Gasteiger partial charge is 0.225 e. The number of anilines is 1. The van der Waals surface area contributed by atoms with Gasteiger partial charge in [-0.05, 0) is 42.5 Å². The molecule has 4 aromatic rings. The van der Waals surface area contributed by atoms with Crippen molar-refractivity contribution in [3.05, 3.63) is 77.9 Å². The molecule has 0 fully saturated rings. The number of rotatable bonds is 5. The Morgan fingerprint density at radius 2 is 1.82 bits per heavy atom. The fraction of sp³-hybridized carbons (Fsp3) is 0.154. The Hall–Kier alpha value is -4.17. The van der Waals surface area contributed by atoms with Gasteiger partial charge in [0.25, 0.3) is 0 Å². The van der Waals surface area contributed by atoms with Crippen LogP contribution in [0.4, 0.5) is 15.8 Å². The zero-order chi connectivity index (χ0) is 23.5. The van der Waals surface area contributed by atoms with E-state index in [0.29, 0.717) is 58.2 Å². The second-order valence-electron chi connectivity index (χ2n) is 7.71. The van der Waals surface area contributed by atoms with Crippen LogP contribution in [-0.4, -0.2) is 25.7 Å². The van der Waals surface area contributed by atoms with Crippen LogP contribution in [0.25, 0.3) is 22.3 Å². The second-order valence-corrected chi connectivity index (χ2v) is 7.71. The van der Waals surface area contributed by atoms with E-state index in [4.69, 9.17) is 24.6 Å². The molecule has 1 aliphatic rings. The van der Waals surface area contributed by atoms with Crippen LogP contribution in [0.1, 0.15) is 6.42 Å². The maximum Gasteiger partial charge on any atom is 0.225 e. The Labute approximate surface area is 194 Å². The van der Waals surface area contributed by atoms with Gasteiger partial charge in [-0.2, -0.15) is 0 Å². The fourth-order valence-corrected chi connectivity index (χ4v) is 3.72. The maximum atomic E-state index is 14.0. The number of fused-ring (bicyclic) bond motifs is 2. The Morgan fingerprint density at radius 1 is 1.00 bits per heavy atom. The van der Waals surface area contributed by atoms with Crippen molar-refractivity contribution in [1.29, 1.82) is 0 Å². The van der Waals surface area contributed by atoms with E-state index in [1.807, 2.05) is 30.3 Å². The predicted molar refractivity (Wildman–Crippen MR) is 127 cm³/mol. The first-order valence-corrected chi connectivity index (χ1v) is 10.9. The molecule has 0 aliphatic carbocycles. The zero-order valence-electron chi connectivity index (χ0n) is 18.2. The van der Waals surface area contributed by atoms with Gasteiger partial charge in [-0.25, -0.2) is 9.38 Å². The molecular formula is C26H22FN3O4. The molecule has 8 heteroatoms. The Bertz CT molecular complexity index is 1450. The molecule has 0 radical (unpaired) electrons. The summed E-state index contributed by atoms with van der Waals surface area (Å²) in [7, 11) is 0. The number of para-hydroxylation sites is 2. The normalized spacial score (nSPS) is 13.2. The Morgan fingerprint density at radius 3 is 2.68 bits per heavy atom. The summed E-state index contributed by atoms with van der Waals surface area (Å²) in [6.07, 6.45) is 0.203. The van der Waals surface area contributed by atoms with E-state index in [-0.39, 0.29) is 18.9 Å². The van der Waals surface area contributed by atoms with Crippen molar-refractivity contribution in [3.8, 4) is 22.8 Å². The van der Waals surface area contributed by atoms with Crippen molar-refractivity contribution in [3.63, 3.8) is 0 Å². The summed E-state index contributed by atoms with van der Waals surface area (Å²) >= 11 is 0. The van der Waals surface area contributed by atoms with E-state index in [0.717, 1.165) is 5.56 Å². The molecule has 0 spiro atoms. The number of carbonyl (C=O) groups is 1. The first-order valence-electron chi connectivity index (χ1n) is 10.9. The molecule has 3 aromatic carbocycles. The number of halogens is 1. The lowest BCUT2D eigenvalue weighted by Crippen LogP contribution is -2.16. The zero-order valence-corrected chi connectivity index (χ0v) is 18.2. The number of benzene rings is 3. The predicted octanol–water partition coefficient (Wildman–Crippen LogP) is 4.53. The number of carbonyl (C=O) groups excluding carboxylic acids is 1. The first-order chi connectivity index (χ1) is 16.6. The van der Waals surface area contributed by atoms with Crippen LogP contribution in [0.3, 0.4) is 0 Å². The quantitative estimate of drug-likeness (QED) is 0.457.